The molecule has 1 saturated heterocycles. The molecule has 0 amide bonds. The Morgan fingerprint density at radius 2 is 2.19 bits per heavy atom. The molecular formula is C12H25NO3. The zero-order valence-electron chi connectivity index (χ0n) is 10.7. The van der Waals surface area contributed by atoms with Crippen molar-refractivity contribution in [3.63, 3.8) is 0 Å². The van der Waals surface area contributed by atoms with Crippen molar-refractivity contribution >= 4 is 0 Å². The number of methoxy groups -OCH3 is 1. The lowest BCUT2D eigenvalue weighted by Gasteiger charge is -2.20. The van der Waals surface area contributed by atoms with Gasteiger partial charge in [-0.15, -0.1) is 0 Å². The molecule has 4 nitrogen and oxygen atoms in total. The number of hydrogen-bond acceptors (Lipinski definition) is 4. The van der Waals surface area contributed by atoms with Gasteiger partial charge in [-0.25, -0.2) is 0 Å². The first kappa shape index (κ1) is 13.9. The van der Waals surface area contributed by atoms with Crippen molar-refractivity contribution in [3.05, 3.63) is 0 Å². The molecule has 1 aliphatic rings. The zero-order valence-corrected chi connectivity index (χ0v) is 10.7. The van der Waals surface area contributed by atoms with Crippen LogP contribution in [0, 0.1) is 0 Å². The first-order valence-electron chi connectivity index (χ1n) is 6.19. The van der Waals surface area contributed by atoms with Crippen LogP contribution in [0.3, 0.4) is 0 Å². The van der Waals surface area contributed by atoms with Crippen molar-refractivity contribution in [2.75, 3.05) is 33.4 Å². The lowest BCUT2D eigenvalue weighted by molar-refractivity contribution is -0.0308. The van der Waals surface area contributed by atoms with Gasteiger partial charge in [0.1, 0.15) is 0 Å². The summed E-state index contributed by atoms with van der Waals surface area (Å²) >= 11 is 0. The molecule has 96 valence electrons. The van der Waals surface area contributed by atoms with Crippen LogP contribution in [0.15, 0.2) is 0 Å². The lowest BCUT2D eigenvalue weighted by atomic mass is 10.2. The minimum absolute atomic E-state index is 0.157. The van der Waals surface area contributed by atoms with Crippen molar-refractivity contribution in [3.8, 4) is 0 Å². The molecule has 4 heteroatoms. The number of ether oxygens (including phenoxy) is 3. The van der Waals surface area contributed by atoms with E-state index in [-0.39, 0.29) is 12.2 Å². The van der Waals surface area contributed by atoms with Crippen molar-refractivity contribution in [1.29, 1.82) is 0 Å². The fourth-order valence-electron chi connectivity index (χ4n) is 1.97. The largest absolute Gasteiger partial charge is 0.382 e. The second-order valence-corrected chi connectivity index (χ2v) is 4.51. The summed E-state index contributed by atoms with van der Waals surface area (Å²) in [5.74, 6) is 0. The van der Waals surface area contributed by atoms with E-state index in [9.17, 15) is 0 Å². The highest BCUT2D eigenvalue weighted by Crippen LogP contribution is 2.10. The monoisotopic (exact) mass is 231 g/mol. The molecule has 0 aromatic carbocycles. The summed E-state index contributed by atoms with van der Waals surface area (Å²) in [7, 11) is 1.69. The Kier molecular flexibility index (Phi) is 6.96. The van der Waals surface area contributed by atoms with Gasteiger partial charge in [0, 0.05) is 26.8 Å². The van der Waals surface area contributed by atoms with Gasteiger partial charge in [0.15, 0.2) is 0 Å². The summed E-state index contributed by atoms with van der Waals surface area (Å²) in [6, 6.07) is 0. The van der Waals surface area contributed by atoms with E-state index in [2.05, 4.69) is 12.2 Å². The third-order valence-electron chi connectivity index (χ3n) is 2.69. The van der Waals surface area contributed by atoms with E-state index in [4.69, 9.17) is 14.2 Å². The Labute approximate surface area is 98.6 Å². The van der Waals surface area contributed by atoms with Crippen LogP contribution in [-0.4, -0.2) is 51.7 Å². The first-order valence-corrected chi connectivity index (χ1v) is 6.19. The molecule has 0 radical (unpaired) electrons. The molecule has 1 N–H and O–H groups in total. The average molecular weight is 231 g/mol. The Morgan fingerprint density at radius 1 is 1.38 bits per heavy atom. The summed E-state index contributed by atoms with van der Waals surface area (Å²) in [4.78, 5) is 0. The van der Waals surface area contributed by atoms with Crippen LogP contribution < -0.4 is 5.32 Å². The van der Waals surface area contributed by atoms with Crippen LogP contribution in [0.4, 0.5) is 0 Å². The molecule has 0 aliphatic carbocycles. The smallest absolute Gasteiger partial charge is 0.0784 e. The molecule has 0 aromatic rings. The maximum atomic E-state index is 5.73. The molecule has 3 atom stereocenters. The standard InChI is InChI=1S/C12H25NO3/c1-10(16-11(2)9-14-3)7-13-8-12-5-4-6-15-12/h10-13H,4-9H2,1-3H3. The minimum Gasteiger partial charge on any atom is -0.382 e. The van der Waals surface area contributed by atoms with Crippen LogP contribution in [0.25, 0.3) is 0 Å². The summed E-state index contributed by atoms with van der Waals surface area (Å²) < 4.78 is 16.3. The van der Waals surface area contributed by atoms with Crippen LogP contribution in [-0.2, 0) is 14.2 Å². The highest BCUT2D eigenvalue weighted by Gasteiger charge is 2.15. The van der Waals surface area contributed by atoms with Gasteiger partial charge >= 0.3 is 0 Å². The minimum atomic E-state index is 0.157. The van der Waals surface area contributed by atoms with E-state index in [0.29, 0.717) is 12.7 Å². The van der Waals surface area contributed by atoms with E-state index in [1.165, 1.54) is 12.8 Å². The van der Waals surface area contributed by atoms with Gasteiger partial charge in [0.2, 0.25) is 0 Å². The topological polar surface area (TPSA) is 39.7 Å². The molecule has 1 fully saturated rings. The van der Waals surface area contributed by atoms with Crippen molar-refractivity contribution < 1.29 is 14.2 Å². The Bertz CT molecular complexity index is 172. The predicted molar refractivity (Wildman–Crippen MR) is 63.7 cm³/mol. The summed E-state index contributed by atoms with van der Waals surface area (Å²) in [6.07, 6.45) is 3.16. The van der Waals surface area contributed by atoms with E-state index in [1.807, 2.05) is 6.92 Å². The molecule has 0 aromatic heterocycles. The Balaban J connectivity index is 1.98. The van der Waals surface area contributed by atoms with Crippen LogP contribution in [0.1, 0.15) is 26.7 Å². The van der Waals surface area contributed by atoms with E-state index < -0.39 is 0 Å². The third kappa shape index (κ3) is 5.80. The number of rotatable bonds is 8. The second kappa shape index (κ2) is 8.01. The molecule has 0 bridgehead atoms. The van der Waals surface area contributed by atoms with Crippen LogP contribution >= 0.6 is 0 Å². The van der Waals surface area contributed by atoms with Crippen molar-refractivity contribution in [1.82, 2.24) is 5.32 Å². The van der Waals surface area contributed by atoms with Crippen LogP contribution in [0.5, 0.6) is 0 Å². The quantitative estimate of drug-likeness (QED) is 0.681. The normalized spacial score (nSPS) is 24.6. The molecule has 16 heavy (non-hydrogen) atoms. The second-order valence-electron chi connectivity index (χ2n) is 4.51. The van der Waals surface area contributed by atoms with Gasteiger partial charge in [-0.2, -0.15) is 0 Å². The molecule has 0 spiro atoms. The van der Waals surface area contributed by atoms with E-state index in [1.54, 1.807) is 7.11 Å². The highest BCUT2D eigenvalue weighted by molar-refractivity contribution is 4.68. The van der Waals surface area contributed by atoms with Gasteiger partial charge in [0.25, 0.3) is 0 Å². The molecule has 1 rings (SSSR count). The van der Waals surface area contributed by atoms with Gasteiger partial charge in [0.05, 0.1) is 24.9 Å². The number of nitrogens with one attached hydrogen (secondary N) is 1. The molecule has 1 aliphatic heterocycles. The van der Waals surface area contributed by atoms with Gasteiger partial charge in [-0.1, -0.05) is 0 Å². The average Bonchev–Trinajstić information content (AvgIpc) is 2.70. The summed E-state index contributed by atoms with van der Waals surface area (Å²) in [6.45, 7) is 7.48. The molecular weight excluding hydrogens is 206 g/mol. The highest BCUT2D eigenvalue weighted by atomic mass is 16.5. The van der Waals surface area contributed by atoms with E-state index >= 15 is 0 Å². The summed E-state index contributed by atoms with van der Waals surface area (Å²) in [5, 5.41) is 3.38. The van der Waals surface area contributed by atoms with Crippen molar-refractivity contribution in [2.45, 2.75) is 45.0 Å². The number of hydrogen-bond donors (Lipinski definition) is 1. The Hall–Kier alpha value is -0.160. The molecule has 3 unspecified atom stereocenters. The predicted octanol–water partition coefficient (Wildman–Crippen LogP) is 1.19. The van der Waals surface area contributed by atoms with Crippen molar-refractivity contribution in [2.24, 2.45) is 0 Å². The fraction of sp³-hybridized carbons (Fsp3) is 1.00. The van der Waals surface area contributed by atoms with Crippen LogP contribution in [0.2, 0.25) is 0 Å². The zero-order chi connectivity index (χ0) is 11.8. The van der Waals surface area contributed by atoms with E-state index in [0.717, 1.165) is 19.7 Å². The molecule has 1 heterocycles. The summed E-state index contributed by atoms with van der Waals surface area (Å²) in [5.41, 5.74) is 0. The lowest BCUT2D eigenvalue weighted by Crippen LogP contribution is -2.35. The van der Waals surface area contributed by atoms with Gasteiger partial charge in [-0.05, 0) is 26.7 Å². The van der Waals surface area contributed by atoms with Gasteiger partial charge in [-0.3, -0.25) is 0 Å². The maximum absolute atomic E-state index is 5.73. The first-order chi connectivity index (χ1) is 7.72. The Morgan fingerprint density at radius 3 is 2.81 bits per heavy atom. The maximum Gasteiger partial charge on any atom is 0.0784 e. The third-order valence-corrected chi connectivity index (χ3v) is 2.69. The molecule has 0 saturated carbocycles. The SMILES string of the molecule is COCC(C)OC(C)CNCC1CCCO1. The van der Waals surface area contributed by atoms with Gasteiger partial charge < -0.3 is 19.5 Å². The fourth-order valence-corrected chi connectivity index (χ4v) is 1.97.